The van der Waals surface area contributed by atoms with Crippen LogP contribution in [0.1, 0.15) is 44.6 Å². The number of hydrogen-bond acceptors (Lipinski definition) is 5. The van der Waals surface area contributed by atoms with Crippen LogP contribution in [0, 0.1) is 13.8 Å². The lowest BCUT2D eigenvalue weighted by atomic mass is 10.1. The lowest BCUT2D eigenvalue weighted by Crippen LogP contribution is -2.22. The van der Waals surface area contributed by atoms with Crippen LogP contribution in [0.4, 0.5) is 0 Å². The van der Waals surface area contributed by atoms with E-state index >= 15 is 0 Å². The second-order valence-corrected chi connectivity index (χ2v) is 6.67. The zero-order valence-electron chi connectivity index (χ0n) is 16.6. The molecular formula is C23H22N2O4. The molecule has 0 radical (unpaired) electrons. The van der Waals surface area contributed by atoms with Crippen molar-refractivity contribution in [3.63, 3.8) is 0 Å². The second-order valence-electron chi connectivity index (χ2n) is 6.67. The lowest BCUT2D eigenvalue weighted by molar-refractivity contribution is -0.137. The Morgan fingerprint density at radius 3 is 2.24 bits per heavy atom. The monoisotopic (exact) mass is 390 g/mol. The van der Waals surface area contributed by atoms with Gasteiger partial charge in [-0.1, -0.05) is 49.4 Å². The molecule has 0 spiro atoms. The summed E-state index contributed by atoms with van der Waals surface area (Å²) in [5.74, 6) is -2.24. The Kier molecular flexibility index (Phi) is 6.02. The van der Waals surface area contributed by atoms with Crippen LogP contribution in [0.3, 0.4) is 0 Å². The van der Waals surface area contributed by atoms with E-state index in [9.17, 15) is 14.4 Å². The van der Waals surface area contributed by atoms with Gasteiger partial charge in [-0.15, -0.1) is 0 Å². The Morgan fingerprint density at radius 2 is 1.62 bits per heavy atom. The summed E-state index contributed by atoms with van der Waals surface area (Å²) in [6, 6.07) is 16.4. The number of aryl methyl sites for hydroxylation is 2. The van der Waals surface area contributed by atoms with Crippen LogP contribution in [-0.4, -0.2) is 33.9 Å². The van der Waals surface area contributed by atoms with E-state index in [2.05, 4.69) is 5.10 Å². The van der Waals surface area contributed by atoms with Gasteiger partial charge in [0, 0.05) is 5.56 Å². The normalized spacial score (nSPS) is 10.6. The van der Waals surface area contributed by atoms with Crippen molar-refractivity contribution in [3.8, 4) is 5.69 Å². The van der Waals surface area contributed by atoms with Gasteiger partial charge in [0.1, 0.15) is 0 Å². The third-order valence-corrected chi connectivity index (χ3v) is 4.72. The molecule has 0 N–H and O–H groups in total. The van der Waals surface area contributed by atoms with E-state index in [4.69, 9.17) is 4.74 Å². The minimum Gasteiger partial charge on any atom is -0.451 e. The first kappa shape index (κ1) is 20.2. The number of Topliss-reactive ketones (excluding diaryl/α,β-unsaturated/α-hetero) is 2. The number of aromatic nitrogens is 2. The highest BCUT2D eigenvalue weighted by molar-refractivity contribution is 6.41. The van der Waals surface area contributed by atoms with E-state index in [0.717, 1.165) is 17.7 Å². The van der Waals surface area contributed by atoms with Crippen molar-refractivity contribution < 1.29 is 19.1 Å². The fourth-order valence-corrected chi connectivity index (χ4v) is 3.10. The van der Waals surface area contributed by atoms with Crippen LogP contribution in [0.5, 0.6) is 0 Å². The predicted octanol–water partition coefficient (Wildman–Crippen LogP) is 3.66. The number of nitrogens with zero attached hydrogens (tertiary/aromatic N) is 2. The summed E-state index contributed by atoms with van der Waals surface area (Å²) in [6.45, 7) is 4.91. The number of rotatable bonds is 7. The number of ketones is 2. The molecule has 6 heteroatoms. The average molecular weight is 390 g/mol. The van der Waals surface area contributed by atoms with Gasteiger partial charge < -0.3 is 4.74 Å². The summed E-state index contributed by atoms with van der Waals surface area (Å²) in [4.78, 5) is 37.1. The summed E-state index contributed by atoms with van der Waals surface area (Å²) >= 11 is 0. The zero-order valence-corrected chi connectivity index (χ0v) is 16.6. The maximum absolute atomic E-state index is 12.6. The van der Waals surface area contributed by atoms with E-state index in [0.29, 0.717) is 17.0 Å². The Labute approximate surface area is 169 Å². The number of ether oxygens (including phenoxy) is 1. The molecule has 1 heterocycles. The van der Waals surface area contributed by atoms with Gasteiger partial charge in [0.25, 0.3) is 5.78 Å². The third kappa shape index (κ3) is 4.32. The van der Waals surface area contributed by atoms with Crippen molar-refractivity contribution in [2.45, 2.75) is 27.2 Å². The quantitative estimate of drug-likeness (QED) is 0.349. The van der Waals surface area contributed by atoms with Crippen molar-refractivity contribution in [1.82, 2.24) is 9.78 Å². The highest BCUT2D eigenvalue weighted by Gasteiger charge is 2.27. The van der Waals surface area contributed by atoms with Gasteiger partial charge >= 0.3 is 5.97 Å². The van der Waals surface area contributed by atoms with Crippen LogP contribution < -0.4 is 0 Å². The molecule has 0 aliphatic carbocycles. The largest absolute Gasteiger partial charge is 0.451 e. The number of carbonyl (C=O) groups is 3. The predicted molar refractivity (Wildman–Crippen MR) is 108 cm³/mol. The fourth-order valence-electron chi connectivity index (χ4n) is 3.10. The molecule has 0 saturated heterocycles. The van der Waals surface area contributed by atoms with Gasteiger partial charge in [-0.2, -0.15) is 5.10 Å². The Bertz CT molecular complexity index is 1050. The molecule has 3 aromatic rings. The summed E-state index contributed by atoms with van der Waals surface area (Å²) in [5.41, 5.74) is 3.48. The SMILES string of the molecule is CCc1ccc(C(=O)COC(=O)C(=O)c2c(C)nn(-c3ccccc3)c2C)cc1. The minimum atomic E-state index is -1.07. The molecule has 0 fully saturated rings. The van der Waals surface area contributed by atoms with Crippen LogP contribution in [-0.2, 0) is 16.0 Å². The maximum Gasteiger partial charge on any atom is 0.380 e. The van der Waals surface area contributed by atoms with Gasteiger partial charge in [-0.05, 0) is 38.0 Å². The van der Waals surface area contributed by atoms with Crippen molar-refractivity contribution in [2.24, 2.45) is 0 Å². The molecule has 0 aliphatic heterocycles. The fraction of sp³-hybridized carbons (Fsp3) is 0.217. The molecule has 0 atom stereocenters. The van der Waals surface area contributed by atoms with Gasteiger partial charge in [-0.3, -0.25) is 9.59 Å². The van der Waals surface area contributed by atoms with E-state index in [-0.39, 0.29) is 11.3 Å². The minimum absolute atomic E-state index is 0.193. The first-order valence-corrected chi connectivity index (χ1v) is 9.37. The Hall–Kier alpha value is -3.54. The van der Waals surface area contributed by atoms with Crippen LogP contribution >= 0.6 is 0 Å². The molecule has 0 unspecified atom stereocenters. The smallest absolute Gasteiger partial charge is 0.380 e. The van der Waals surface area contributed by atoms with Crippen LogP contribution in [0.15, 0.2) is 54.6 Å². The first-order chi connectivity index (χ1) is 13.9. The topological polar surface area (TPSA) is 78.3 Å². The number of hydrogen-bond donors (Lipinski definition) is 0. The molecule has 29 heavy (non-hydrogen) atoms. The van der Waals surface area contributed by atoms with E-state index < -0.39 is 18.4 Å². The van der Waals surface area contributed by atoms with Gasteiger partial charge in [-0.25, -0.2) is 9.48 Å². The summed E-state index contributed by atoms with van der Waals surface area (Å²) in [6.07, 6.45) is 0.868. The second kappa shape index (κ2) is 8.65. The van der Waals surface area contributed by atoms with Gasteiger partial charge in [0.2, 0.25) is 0 Å². The third-order valence-electron chi connectivity index (χ3n) is 4.72. The number of esters is 1. The molecule has 148 valence electrons. The molecule has 2 aromatic carbocycles. The molecule has 1 aromatic heterocycles. The number of carbonyl (C=O) groups excluding carboxylic acids is 3. The standard InChI is InChI=1S/C23H22N2O4/c1-4-17-10-12-18(13-11-17)20(26)14-29-23(28)22(27)21-15(2)24-25(16(21)3)19-8-6-5-7-9-19/h5-13H,4,14H2,1-3H3. The maximum atomic E-state index is 12.6. The molecular weight excluding hydrogens is 368 g/mol. The van der Waals surface area contributed by atoms with E-state index in [1.807, 2.05) is 49.4 Å². The van der Waals surface area contributed by atoms with Gasteiger partial charge in [0.05, 0.1) is 22.6 Å². The summed E-state index contributed by atoms with van der Waals surface area (Å²) in [5, 5.41) is 4.36. The zero-order chi connectivity index (χ0) is 21.0. The van der Waals surface area contributed by atoms with Crippen molar-refractivity contribution in [1.29, 1.82) is 0 Å². The van der Waals surface area contributed by atoms with E-state index in [1.165, 1.54) is 0 Å². The highest BCUT2D eigenvalue weighted by atomic mass is 16.5. The number of benzene rings is 2. The Balaban J connectivity index is 1.71. The van der Waals surface area contributed by atoms with E-state index in [1.54, 1.807) is 30.7 Å². The molecule has 6 nitrogen and oxygen atoms in total. The van der Waals surface area contributed by atoms with Gasteiger partial charge in [0.15, 0.2) is 12.4 Å². The highest BCUT2D eigenvalue weighted by Crippen LogP contribution is 2.19. The molecule has 0 bridgehead atoms. The molecule has 0 amide bonds. The molecule has 0 saturated carbocycles. The first-order valence-electron chi connectivity index (χ1n) is 9.37. The summed E-state index contributed by atoms with van der Waals surface area (Å²) < 4.78 is 6.59. The lowest BCUT2D eigenvalue weighted by Gasteiger charge is -2.06. The Morgan fingerprint density at radius 1 is 0.966 bits per heavy atom. The van der Waals surface area contributed by atoms with Crippen LogP contribution in [0.2, 0.25) is 0 Å². The molecule has 3 rings (SSSR count). The average Bonchev–Trinajstić information content (AvgIpc) is 3.05. The molecule has 0 aliphatic rings. The van der Waals surface area contributed by atoms with Crippen LogP contribution in [0.25, 0.3) is 5.69 Å². The van der Waals surface area contributed by atoms with Crippen molar-refractivity contribution in [3.05, 3.63) is 82.7 Å². The van der Waals surface area contributed by atoms with Crippen molar-refractivity contribution in [2.75, 3.05) is 6.61 Å². The number of para-hydroxylation sites is 1. The summed E-state index contributed by atoms with van der Waals surface area (Å²) in [7, 11) is 0. The van der Waals surface area contributed by atoms with Crippen molar-refractivity contribution >= 4 is 17.5 Å².